The van der Waals surface area contributed by atoms with Crippen LogP contribution in [0.15, 0.2) is 47.4 Å². The average Bonchev–Trinajstić information content (AvgIpc) is 2.40. The molecular formula is C14H13Cl2NS. The summed E-state index contributed by atoms with van der Waals surface area (Å²) < 4.78 is 0. The second-order valence-electron chi connectivity index (χ2n) is 3.82. The van der Waals surface area contributed by atoms with E-state index in [1.165, 1.54) is 4.90 Å². The van der Waals surface area contributed by atoms with Crippen LogP contribution in [0.4, 0.5) is 5.69 Å². The number of nitrogens with one attached hydrogen (secondary N) is 1. The van der Waals surface area contributed by atoms with Crippen molar-refractivity contribution in [3.63, 3.8) is 0 Å². The summed E-state index contributed by atoms with van der Waals surface area (Å²) in [4.78, 5) is 1.23. The summed E-state index contributed by atoms with van der Waals surface area (Å²) in [6.45, 7) is 0.664. The second-order valence-corrected chi connectivity index (χ2v) is 5.54. The summed E-state index contributed by atoms with van der Waals surface area (Å²) in [5, 5.41) is 4.78. The molecule has 18 heavy (non-hydrogen) atoms. The van der Waals surface area contributed by atoms with Crippen molar-refractivity contribution in [3.05, 3.63) is 58.1 Å². The minimum Gasteiger partial charge on any atom is -0.381 e. The predicted octanol–water partition coefficient (Wildman–Crippen LogP) is 5.33. The molecule has 1 nitrogen and oxygen atoms in total. The third kappa shape index (κ3) is 3.58. The maximum Gasteiger partial charge on any atom is 0.0456 e. The Bertz CT molecular complexity index is 543. The largest absolute Gasteiger partial charge is 0.381 e. The summed E-state index contributed by atoms with van der Waals surface area (Å²) in [6.07, 6.45) is 2.06. The highest BCUT2D eigenvalue weighted by Crippen LogP contribution is 2.23. The lowest BCUT2D eigenvalue weighted by molar-refractivity contribution is 1.14. The highest BCUT2D eigenvalue weighted by molar-refractivity contribution is 7.98. The van der Waals surface area contributed by atoms with Gasteiger partial charge in [-0.1, -0.05) is 29.3 Å². The van der Waals surface area contributed by atoms with Crippen LogP contribution >= 0.6 is 35.0 Å². The van der Waals surface area contributed by atoms with Gasteiger partial charge in [0.1, 0.15) is 0 Å². The van der Waals surface area contributed by atoms with E-state index in [0.717, 1.165) is 16.3 Å². The van der Waals surface area contributed by atoms with E-state index in [0.29, 0.717) is 11.6 Å². The van der Waals surface area contributed by atoms with Gasteiger partial charge in [-0.2, -0.15) is 0 Å². The Kier molecular flexibility index (Phi) is 4.81. The summed E-state index contributed by atoms with van der Waals surface area (Å²) in [5.74, 6) is 0. The van der Waals surface area contributed by atoms with E-state index >= 15 is 0 Å². The standard InChI is InChI=1S/C14H13Cl2NS/c1-18-13-4-2-3-12(8-13)17-9-10-7-11(15)5-6-14(10)16/h2-8,17H,9H2,1H3. The van der Waals surface area contributed by atoms with E-state index in [1.54, 1.807) is 17.8 Å². The van der Waals surface area contributed by atoms with Crippen molar-refractivity contribution in [2.75, 3.05) is 11.6 Å². The first-order valence-corrected chi connectivity index (χ1v) is 7.49. The lowest BCUT2D eigenvalue weighted by Crippen LogP contribution is -2.00. The van der Waals surface area contributed by atoms with Gasteiger partial charge in [0.25, 0.3) is 0 Å². The summed E-state index contributed by atoms with van der Waals surface area (Å²) in [6, 6.07) is 13.8. The van der Waals surface area contributed by atoms with Crippen molar-refractivity contribution < 1.29 is 0 Å². The van der Waals surface area contributed by atoms with Crippen molar-refractivity contribution in [1.29, 1.82) is 0 Å². The van der Waals surface area contributed by atoms with Crippen molar-refractivity contribution in [3.8, 4) is 0 Å². The van der Waals surface area contributed by atoms with Gasteiger partial charge >= 0.3 is 0 Å². The molecule has 0 aliphatic heterocycles. The van der Waals surface area contributed by atoms with Crippen molar-refractivity contribution in [1.82, 2.24) is 0 Å². The fourth-order valence-corrected chi connectivity index (χ4v) is 2.45. The normalized spacial score (nSPS) is 10.4. The van der Waals surface area contributed by atoms with Crippen molar-refractivity contribution in [2.45, 2.75) is 11.4 Å². The Hall–Kier alpha value is -0.830. The van der Waals surface area contributed by atoms with Gasteiger partial charge in [0.05, 0.1) is 0 Å². The number of rotatable bonds is 4. The quantitative estimate of drug-likeness (QED) is 0.766. The number of thioether (sulfide) groups is 1. The smallest absolute Gasteiger partial charge is 0.0456 e. The molecule has 0 aliphatic rings. The Morgan fingerprint density at radius 2 is 1.94 bits per heavy atom. The van der Waals surface area contributed by atoms with Crippen LogP contribution < -0.4 is 5.32 Å². The molecule has 94 valence electrons. The Balaban J connectivity index is 2.08. The molecule has 0 unspecified atom stereocenters. The summed E-state index contributed by atoms with van der Waals surface area (Å²) in [5.41, 5.74) is 2.08. The number of halogens is 2. The van der Waals surface area contributed by atoms with Crippen LogP contribution in [-0.4, -0.2) is 6.26 Å². The maximum atomic E-state index is 6.12. The van der Waals surface area contributed by atoms with Crippen LogP contribution in [-0.2, 0) is 6.54 Å². The lowest BCUT2D eigenvalue weighted by atomic mass is 10.2. The van der Waals surface area contributed by atoms with E-state index < -0.39 is 0 Å². The SMILES string of the molecule is CSc1cccc(NCc2cc(Cl)ccc2Cl)c1. The van der Waals surface area contributed by atoms with Gasteiger partial charge in [0.2, 0.25) is 0 Å². The fourth-order valence-electron chi connectivity index (χ4n) is 1.61. The zero-order valence-electron chi connectivity index (χ0n) is 9.91. The van der Waals surface area contributed by atoms with Crippen molar-refractivity contribution in [2.24, 2.45) is 0 Å². The molecule has 0 bridgehead atoms. The second kappa shape index (κ2) is 6.37. The van der Waals surface area contributed by atoms with Crippen LogP contribution in [0.25, 0.3) is 0 Å². The average molecular weight is 298 g/mol. The molecule has 0 fully saturated rings. The molecule has 0 saturated carbocycles. The first-order chi connectivity index (χ1) is 8.69. The van der Waals surface area contributed by atoms with E-state index in [-0.39, 0.29) is 0 Å². The monoisotopic (exact) mass is 297 g/mol. The maximum absolute atomic E-state index is 6.12. The van der Waals surface area contributed by atoms with E-state index in [2.05, 4.69) is 23.7 Å². The topological polar surface area (TPSA) is 12.0 Å². The van der Waals surface area contributed by atoms with Gasteiger partial charge in [0, 0.05) is 27.2 Å². The molecule has 0 aromatic heterocycles. The number of benzene rings is 2. The minimum absolute atomic E-state index is 0.664. The van der Waals surface area contributed by atoms with Crippen LogP contribution in [0, 0.1) is 0 Å². The number of anilines is 1. The molecule has 0 saturated heterocycles. The van der Waals surface area contributed by atoms with Crippen LogP contribution in [0.5, 0.6) is 0 Å². The molecule has 0 atom stereocenters. The molecule has 2 rings (SSSR count). The highest BCUT2D eigenvalue weighted by atomic mass is 35.5. The Morgan fingerprint density at radius 3 is 2.72 bits per heavy atom. The van der Waals surface area contributed by atoms with Gasteiger partial charge in [-0.3, -0.25) is 0 Å². The molecule has 2 aromatic carbocycles. The minimum atomic E-state index is 0.664. The Labute approximate surface area is 121 Å². The van der Waals surface area contributed by atoms with E-state index in [1.807, 2.05) is 24.3 Å². The summed E-state index contributed by atoms with van der Waals surface area (Å²) >= 11 is 13.8. The molecule has 4 heteroatoms. The van der Waals surface area contributed by atoms with Gasteiger partial charge in [-0.05, 0) is 48.2 Å². The zero-order valence-corrected chi connectivity index (χ0v) is 12.2. The van der Waals surface area contributed by atoms with E-state index in [4.69, 9.17) is 23.2 Å². The third-order valence-corrected chi connectivity index (χ3v) is 3.89. The molecule has 2 aromatic rings. The van der Waals surface area contributed by atoms with Crippen LogP contribution in [0.2, 0.25) is 10.0 Å². The predicted molar refractivity (Wildman–Crippen MR) is 82.0 cm³/mol. The van der Waals surface area contributed by atoms with Gasteiger partial charge < -0.3 is 5.32 Å². The molecule has 0 radical (unpaired) electrons. The Morgan fingerprint density at radius 1 is 1.11 bits per heavy atom. The first-order valence-electron chi connectivity index (χ1n) is 5.51. The van der Waals surface area contributed by atoms with E-state index in [9.17, 15) is 0 Å². The summed E-state index contributed by atoms with van der Waals surface area (Å²) in [7, 11) is 0. The number of hydrogen-bond acceptors (Lipinski definition) is 2. The molecule has 0 spiro atoms. The molecule has 0 amide bonds. The number of hydrogen-bond donors (Lipinski definition) is 1. The van der Waals surface area contributed by atoms with Crippen molar-refractivity contribution >= 4 is 40.7 Å². The van der Waals surface area contributed by atoms with Gasteiger partial charge in [-0.25, -0.2) is 0 Å². The van der Waals surface area contributed by atoms with Gasteiger partial charge in [-0.15, -0.1) is 11.8 Å². The molecule has 0 aliphatic carbocycles. The third-order valence-electron chi connectivity index (χ3n) is 2.56. The molecule has 1 N–H and O–H groups in total. The fraction of sp³-hybridized carbons (Fsp3) is 0.143. The van der Waals surface area contributed by atoms with Crippen LogP contribution in [0.3, 0.4) is 0 Å². The first kappa shape index (κ1) is 13.6. The molecule has 0 heterocycles. The van der Waals surface area contributed by atoms with Crippen LogP contribution in [0.1, 0.15) is 5.56 Å². The zero-order chi connectivity index (χ0) is 13.0. The molecular weight excluding hydrogens is 285 g/mol. The lowest BCUT2D eigenvalue weighted by Gasteiger charge is -2.09. The van der Waals surface area contributed by atoms with Gasteiger partial charge in [0.15, 0.2) is 0 Å². The highest BCUT2D eigenvalue weighted by Gasteiger charge is 2.01.